The number of nitrogens with zero attached hydrogens (tertiary/aromatic N) is 1. The van der Waals surface area contributed by atoms with Crippen molar-refractivity contribution in [2.24, 2.45) is 0 Å². The molecule has 0 aliphatic carbocycles. The van der Waals surface area contributed by atoms with Gasteiger partial charge in [0.15, 0.2) is 0 Å². The quantitative estimate of drug-likeness (QED) is 0.777. The Bertz CT molecular complexity index is 647. The van der Waals surface area contributed by atoms with Crippen molar-refractivity contribution in [1.29, 1.82) is 0 Å². The van der Waals surface area contributed by atoms with Crippen LogP contribution in [0.25, 0.3) is 0 Å². The Morgan fingerprint density at radius 2 is 2.04 bits per heavy atom. The second kappa shape index (κ2) is 8.53. The van der Waals surface area contributed by atoms with Crippen molar-refractivity contribution in [1.82, 2.24) is 10.3 Å². The second-order valence-corrected chi connectivity index (χ2v) is 5.84. The van der Waals surface area contributed by atoms with Crippen LogP contribution >= 0.6 is 11.6 Å². The van der Waals surface area contributed by atoms with Gasteiger partial charge >= 0.3 is 0 Å². The first kappa shape index (κ1) is 17.3. The Morgan fingerprint density at radius 3 is 2.74 bits per heavy atom. The van der Waals surface area contributed by atoms with Gasteiger partial charge in [0.2, 0.25) is 5.91 Å². The summed E-state index contributed by atoms with van der Waals surface area (Å²) < 4.78 is 5.63. The van der Waals surface area contributed by atoms with E-state index in [1.807, 2.05) is 44.2 Å². The van der Waals surface area contributed by atoms with Crippen LogP contribution in [0.3, 0.4) is 0 Å². The molecule has 1 aromatic heterocycles. The lowest BCUT2D eigenvalue weighted by molar-refractivity contribution is -0.121. The van der Waals surface area contributed by atoms with E-state index < -0.39 is 0 Å². The number of pyridine rings is 1. The van der Waals surface area contributed by atoms with Gasteiger partial charge in [-0.2, -0.15) is 0 Å². The first-order valence-electron chi connectivity index (χ1n) is 7.64. The minimum absolute atomic E-state index is 0.0187. The van der Waals surface area contributed by atoms with Crippen LogP contribution in [0, 0.1) is 6.92 Å². The van der Waals surface area contributed by atoms with E-state index in [0.29, 0.717) is 19.4 Å². The molecule has 1 unspecified atom stereocenters. The minimum Gasteiger partial charge on any atom is -0.494 e. The number of benzene rings is 1. The van der Waals surface area contributed by atoms with Crippen molar-refractivity contribution in [3.8, 4) is 5.75 Å². The number of halogens is 1. The third-order valence-corrected chi connectivity index (χ3v) is 3.95. The summed E-state index contributed by atoms with van der Waals surface area (Å²) >= 11 is 5.97. The molecular formula is C18H21ClN2O2. The summed E-state index contributed by atoms with van der Waals surface area (Å²) in [6.45, 7) is 4.39. The highest BCUT2D eigenvalue weighted by Crippen LogP contribution is 2.21. The fourth-order valence-electron chi connectivity index (χ4n) is 2.18. The van der Waals surface area contributed by atoms with E-state index >= 15 is 0 Å². The average Bonchev–Trinajstić information content (AvgIpc) is 2.55. The molecule has 0 saturated heterocycles. The molecule has 1 heterocycles. The summed E-state index contributed by atoms with van der Waals surface area (Å²) in [4.78, 5) is 15.9. The van der Waals surface area contributed by atoms with Gasteiger partial charge in [-0.15, -0.1) is 0 Å². The van der Waals surface area contributed by atoms with Crippen molar-refractivity contribution in [3.05, 3.63) is 58.9 Å². The highest BCUT2D eigenvalue weighted by atomic mass is 35.5. The van der Waals surface area contributed by atoms with Gasteiger partial charge in [-0.3, -0.25) is 9.78 Å². The maximum absolute atomic E-state index is 11.9. The number of aromatic nitrogens is 1. The zero-order valence-electron chi connectivity index (χ0n) is 13.4. The molecule has 1 N–H and O–H groups in total. The summed E-state index contributed by atoms with van der Waals surface area (Å²) in [7, 11) is 0. The van der Waals surface area contributed by atoms with E-state index in [2.05, 4.69) is 10.3 Å². The molecule has 2 aromatic rings. The normalized spacial score (nSPS) is 11.8. The Hall–Kier alpha value is -2.07. The van der Waals surface area contributed by atoms with Crippen LogP contribution in [-0.4, -0.2) is 17.5 Å². The zero-order chi connectivity index (χ0) is 16.7. The summed E-state index contributed by atoms with van der Waals surface area (Å²) in [5, 5.41) is 3.70. The zero-order valence-corrected chi connectivity index (χ0v) is 14.1. The summed E-state index contributed by atoms with van der Waals surface area (Å²) in [6, 6.07) is 9.32. The fourth-order valence-corrected chi connectivity index (χ4v) is 2.30. The SMILES string of the molecule is Cc1cc(OCCCC(=O)NC(C)c2ccncc2)ccc1Cl. The van der Waals surface area contributed by atoms with E-state index in [0.717, 1.165) is 21.9 Å². The third kappa shape index (κ3) is 5.57. The number of nitrogens with one attached hydrogen (secondary N) is 1. The average molecular weight is 333 g/mol. The standard InChI is InChI=1S/C18H21ClN2O2/c1-13-12-16(5-6-17(13)19)23-11-3-4-18(22)21-14(2)15-7-9-20-10-8-15/h5-10,12,14H,3-4,11H2,1-2H3,(H,21,22). The molecule has 0 saturated carbocycles. The Morgan fingerprint density at radius 1 is 1.30 bits per heavy atom. The van der Waals surface area contributed by atoms with Gasteiger partial charge in [0.05, 0.1) is 12.6 Å². The van der Waals surface area contributed by atoms with Gasteiger partial charge in [0.25, 0.3) is 0 Å². The number of carbonyl (C=O) groups excluding carboxylic acids is 1. The van der Waals surface area contributed by atoms with Crippen LogP contribution in [0.1, 0.15) is 36.9 Å². The smallest absolute Gasteiger partial charge is 0.220 e. The summed E-state index contributed by atoms with van der Waals surface area (Å²) in [5.41, 5.74) is 2.02. The van der Waals surface area contributed by atoms with E-state index in [-0.39, 0.29) is 11.9 Å². The molecule has 0 radical (unpaired) electrons. The molecule has 2 rings (SSSR count). The van der Waals surface area contributed by atoms with Crippen molar-refractivity contribution < 1.29 is 9.53 Å². The lowest BCUT2D eigenvalue weighted by atomic mass is 10.1. The molecule has 1 amide bonds. The third-order valence-electron chi connectivity index (χ3n) is 3.53. The van der Waals surface area contributed by atoms with Gasteiger partial charge in [0.1, 0.15) is 5.75 Å². The monoisotopic (exact) mass is 332 g/mol. The van der Waals surface area contributed by atoms with Crippen LogP contribution in [0.15, 0.2) is 42.7 Å². The number of ether oxygens (including phenoxy) is 1. The van der Waals surface area contributed by atoms with Crippen molar-refractivity contribution in [2.45, 2.75) is 32.7 Å². The van der Waals surface area contributed by atoms with Gasteiger partial charge < -0.3 is 10.1 Å². The Balaban J connectivity index is 1.69. The maximum Gasteiger partial charge on any atom is 0.220 e. The van der Waals surface area contributed by atoms with Gasteiger partial charge in [-0.05, 0) is 61.7 Å². The van der Waals surface area contributed by atoms with Crippen molar-refractivity contribution >= 4 is 17.5 Å². The number of amides is 1. The molecule has 122 valence electrons. The van der Waals surface area contributed by atoms with E-state index in [1.165, 1.54) is 0 Å². The lowest BCUT2D eigenvalue weighted by Crippen LogP contribution is -2.26. The van der Waals surface area contributed by atoms with Crippen LogP contribution in [0.4, 0.5) is 0 Å². The molecular weight excluding hydrogens is 312 g/mol. The predicted molar refractivity (Wildman–Crippen MR) is 91.7 cm³/mol. The van der Waals surface area contributed by atoms with Crippen LogP contribution in [0.5, 0.6) is 5.75 Å². The van der Waals surface area contributed by atoms with E-state index in [1.54, 1.807) is 12.4 Å². The highest BCUT2D eigenvalue weighted by Gasteiger charge is 2.09. The molecule has 0 fully saturated rings. The molecule has 23 heavy (non-hydrogen) atoms. The van der Waals surface area contributed by atoms with Crippen LogP contribution in [0.2, 0.25) is 5.02 Å². The summed E-state index contributed by atoms with van der Waals surface area (Å²) in [5.74, 6) is 0.794. The van der Waals surface area contributed by atoms with Crippen molar-refractivity contribution in [3.63, 3.8) is 0 Å². The van der Waals surface area contributed by atoms with E-state index in [4.69, 9.17) is 16.3 Å². The number of hydrogen-bond donors (Lipinski definition) is 1. The topological polar surface area (TPSA) is 51.2 Å². The molecule has 0 bridgehead atoms. The van der Waals surface area contributed by atoms with Crippen molar-refractivity contribution in [2.75, 3.05) is 6.61 Å². The first-order valence-corrected chi connectivity index (χ1v) is 8.02. The number of rotatable bonds is 7. The first-order chi connectivity index (χ1) is 11.1. The Labute approximate surface area is 141 Å². The number of carbonyl (C=O) groups is 1. The number of hydrogen-bond acceptors (Lipinski definition) is 3. The van der Waals surface area contributed by atoms with Gasteiger partial charge in [-0.25, -0.2) is 0 Å². The van der Waals surface area contributed by atoms with Crippen LogP contribution in [-0.2, 0) is 4.79 Å². The molecule has 5 heteroatoms. The molecule has 4 nitrogen and oxygen atoms in total. The highest BCUT2D eigenvalue weighted by molar-refractivity contribution is 6.31. The maximum atomic E-state index is 11.9. The van der Waals surface area contributed by atoms with Gasteiger partial charge in [0, 0.05) is 23.8 Å². The lowest BCUT2D eigenvalue weighted by Gasteiger charge is -2.14. The van der Waals surface area contributed by atoms with E-state index in [9.17, 15) is 4.79 Å². The molecule has 1 atom stereocenters. The Kier molecular flexibility index (Phi) is 6.41. The molecule has 1 aromatic carbocycles. The number of aryl methyl sites for hydroxylation is 1. The largest absolute Gasteiger partial charge is 0.494 e. The van der Waals surface area contributed by atoms with Crippen LogP contribution < -0.4 is 10.1 Å². The predicted octanol–water partition coefficient (Wildman–Crippen LogP) is 4.08. The summed E-state index contributed by atoms with van der Waals surface area (Å²) in [6.07, 6.45) is 4.54. The molecule has 0 aliphatic heterocycles. The molecule has 0 spiro atoms. The van der Waals surface area contributed by atoms with Gasteiger partial charge in [-0.1, -0.05) is 11.6 Å². The molecule has 0 aliphatic rings. The second-order valence-electron chi connectivity index (χ2n) is 5.43. The fraction of sp³-hybridized carbons (Fsp3) is 0.333. The minimum atomic E-state index is -0.0228.